The van der Waals surface area contributed by atoms with E-state index in [1.165, 1.54) is 0 Å². The number of carbonyl (C=O) groups excluding carboxylic acids is 1. The Labute approximate surface area is 114 Å². The van der Waals surface area contributed by atoms with E-state index in [-0.39, 0.29) is 19.1 Å². The van der Waals surface area contributed by atoms with Gasteiger partial charge in [-0.1, -0.05) is 0 Å². The van der Waals surface area contributed by atoms with Gasteiger partial charge in [0.1, 0.15) is 6.42 Å². The van der Waals surface area contributed by atoms with Crippen molar-refractivity contribution in [2.45, 2.75) is 13.3 Å². The fourth-order valence-electron chi connectivity index (χ4n) is 1.81. The van der Waals surface area contributed by atoms with Gasteiger partial charge in [-0.25, -0.2) is 0 Å². The fourth-order valence-corrected chi connectivity index (χ4v) is 1.81. The van der Waals surface area contributed by atoms with E-state index in [9.17, 15) is 4.79 Å². The van der Waals surface area contributed by atoms with E-state index in [2.05, 4.69) is 10.2 Å². The summed E-state index contributed by atoms with van der Waals surface area (Å²) < 4.78 is 20.7. The molecule has 0 radical (unpaired) electrons. The van der Waals surface area contributed by atoms with Crippen LogP contribution in [0.5, 0.6) is 11.5 Å². The number of ether oxygens (including phenoxy) is 3. The van der Waals surface area contributed by atoms with Gasteiger partial charge < -0.3 is 18.6 Å². The van der Waals surface area contributed by atoms with E-state index in [4.69, 9.17) is 18.6 Å². The first kappa shape index (κ1) is 12.5. The number of hydrogen-bond acceptors (Lipinski definition) is 7. The van der Waals surface area contributed by atoms with Crippen molar-refractivity contribution < 1.29 is 23.4 Å². The predicted molar refractivity (Wildman–Crippen MR) is 66.2 cm³/mol. The van der Waals surface area contributed by atoms with Gasteiger partial charge in [0.25, 0.3) is 0 Å². The van der Waals surface area contributed by atoms with E-state index in [1.807, 2.05) is 0 Å². The molecular weight excluding hydrogens is 264 g/mol. The average molecular weight is 276 g/mol. The van der Waals surface area contributed by atoms with Gasteiger partial charge in [-0.05, 0) is 25.1 Å². The lowest BCUT2D eigenvalue weighted by Crippen LogP contribution is -2.07. The van der Waals surface area contributed by atoms with Crippen LogP contribution in [0.25, 0.3) is 11.5 Å². The molecule has 1 aromatic heterocycles. The van der Waals surface area contributed by atoms with Crippen LogP contribution in [0.3, 0.4) is 0 Å². The molecule has 0 N–H and O–H groups in total. The number of hydrogen-bond donors (Lipinski definition) is 0. The van der Waals surface area contributed by atoms with Gasteiger partial charge in [-0.2, -0.15) is 0 Å². The highest BCUT2D eigenvalue weighted by Crippen LogP contribution is 2.35. The van der Waals surface area contributed by atoms with E-state index < -0.39 is 5.97 Å². The maximum absolute atomic E-state index is 11.3. The lowest BCUT2D eigenvalue weighted by atomic mass is 10.2. The molecule has 3 rings (SSSR count). The summed E-state index contributed by atoms with van der Waals surface area (Å²) in [4.78, 5) is 11.3. The number of nitrogens with zero attached hydrogens (tertiary/aromatic N) is 2. The summed E-state index contributed by atoms with van der Waals surface area (Å²) in [7, 11) is 0. The molecule has 0 unspecified atom stereocenters. The molecule has 20 heavy (non-hydrogen) atoms. The summed E-state index contributed by atoms with van der Waals surface area (Å²) in [6.45, 7) is 2.27. The van der Waals surface area contributed by atoms with Crippen LogP contribution in [0, 0.1) is 0 Å². The maximum Gasteiger partial charge on any atom is 0.315 e. The highest BCUT2D eigenvalue weighted by molar-refractivity contribution is 5.71. The van der Waals surface area contributed by atoms with Crippen LogP contribution in [-0.2, 0) is 16.0 Å². The summed E-state index contributed by atoms with van der Waals surface area (Å²) in [6.07, 6.45) is -0.0363. The van der Waals surface area contributed by atoms with Crippen LogP contribution < -0.4 is 9.47 Å². The van der Waals surface area contributed by atoms with Crippen molar-refractivity contribution in [1.82, 2.24) is 10.2 Å². The lowest BCUT2D eigenvalue weighted by Gasteiger charge is -1.98. The average Bonchev–Trinajstić information content (AvgIpc) is 3.06. The van der Waals surface area contributed by atoms with Gasteiger partial charge in [-0.15, -0.1) is 10.2 Å². The fraction of sp³-hybridized carbons (Fsp3) is 0.308. The minimum atomic E-state index is -0.395. The molecule has 1 aliphatic heterocycles. The van der Waals surface area contributed by atoms with Gasteiger partial charge in [0.15, 0.2) is 11.5 Å². The second-order valence-electron chi connectivity index (χ2n) is 4.05. The van der Waals surface area contributed by atoms with Crippen LogP contribution in [0.2, 0.25) is 0 Å². The first-order valence-electron chi connectivity index (χ1n) is 6.14. The van der Waals surface area contributed by atoms with Crippen molar-refractivity contribution in [3.63, 3.8) is 0 Å². The molecule has 1 aliphatic rings. The van der Waals surface area contributed by atoms with E-state index >= 15 is 0 Å². The van der Waals surface area contributed by atoms with Gasteiger partial charge in [0, 0.05) is 5.56 Å². The van der Waals surface area contributed by atoms with Crippen molar-refractivity contribution in [2.24, 2.45) is 0 Å². The Hall–Kier alpha value is -2.57. The van der Waals surface area contributed by atoms with Crippen molar-refractivity contribution in [3.8, 4) is 23.0 Å². The van der Waals surface area contributed by atoms with Crippen molar-refractivity contribution in [1.29, 1.82) is 0 Å². The smallest absolute Gasteiger partial charge is 0.315 e. The Kier molecular flexibility index (Phi) is 3.24. The van der Waals surface area contributed by atoms with E-state index in [0.717, 1.165) is 0 Å². The monoisotopic (exact) mass is 276 g/mol. The maximum atomic E-state index is 11.3. The third-order valence-electron chi connectivity index (χ3n) is 2.69. The number of rotatable bonds is 4. The Bertz CT molecular complexity index is 637. The predicted octanol–water partition coefficient (Wildman–Crippen LogP) is 1.57. The van der Waals surface area contributed by atoms with E-state index in [1.54, 1.807) is 25.1 Å². The van der Waals surface area contributed by atoms with Crippen LogP contribution in [-0.4, -0.2) is 29.6 Å². The minimum absolute atomic E-state index is 0.0363. The minimum Gasteiger partial charge on any atom is -0.466 e. The third kappa shape index (κ3) is 2.42. The van der Waals surface area contributed by atoms with Crippen LogP contribution in [0.1, 0.15) is 12.8 Å². The third-order valence-corrected chi connectivity index (χ3v) is 2.69. The Morgan fingerprint density at radius 3 is 3.00 bits per heavy atom. The van der Waals surface area contributed by atoms with Gasteiger partial charge in [-0.3, -0.25) is 4.79 Å². The molecule has 0 atom stereocenters. The number of fused-ring (bicyclic) bond motifs is 1. The lowest BCUT2D eigenvalue weighted by molar-refractivity contribution is -0.142. The number of benzene rings is 1. The van der Waals surface area contributed by atoms with Crippen LogP contribution >= 0.6 is 0 Å². The quantitative estimate of drug-likeness (QED) is 0.783. The SMILES string of the molecule is CCOC(=O)Cc1nnc(-c2ccc3c(c2)OCO3)o1. The Balaban J connectivity index is 1.78. The zero-order valence-corrected chi connectivity index (χ0v) is 10.8. The molecule has 104 valence electrons. The largest absolute Gasteiger partial charge is 0.466 e. The van der Waals surface area contributed by atoms with Crippen molar-refractivity contribution >= 4 is 5.97 Å². The molecule has 7 nitrogen and oxygen atoms in total. The molecule has 0 saturated heterocycles. The number of aromatic nitrogens is 2. The summed E-state index contributed by atoms with van der Waals surface area (Å²) in [5, 5.41) is 7.72. The Morgan fingerprint density at radius 2 is 2.15 bits per heavy atom. The molecule has 0 aliphatic carbocycles. The molecule has 1 aromatic carbocycles. The van der Waals surface area contributed by atoms with Crippen LogP contribution in [0.15, 0.2) is 22.6 Å². The van der Waals surface area contributed by atoms with Crippen molar-refractivity contribution in [3.05, 3.63) is 24.1 Å². The molecule has 7 heteroatoms. The van der Waals surface area contributed by atoms with Gasteiger partial charge in [0.2, 0.25) is 18.6 Å². The van der Waals surface area contributed by atoms with Gasteiger partial charge in [0.05, 0.1) is 6.61 Å². The summed E-state index contributed by atoms with van der Waals surface area (Å²) in [5.41, 5.74) is 0.705. The molecule has 0 saturated carbocycles. The number of esters is 1. The van der Waals surface area contributed by atoms with E-state index in [0.29, 0.717) is 29.6 Å². The molecule has 0 fully saturated rings. The second kappa shape index (κ2) is 5.20. The van der Waals surface area contributed by atoms with Gasteiger partial charge >= 0.3 is 5.97 Å². The Morgan fingerprint density at radius 1 is 1.30 bits per heavy atom. The first-order valence-corrected chi connectivity index (χ1v) is 6.14. The summed E-state index contributed by atoms with van der Waals surface area (Å²) >= 11 is 0. The molecular formula is C13H12N2O5. The molecule has 0 amide bonds. The highest BCUT2D eigenvalue weighted by atomic mass is 16.7. The van der Waals surface area contributed by atoms with Crippen LogP contribution in [0.4, 0.5) is 0 Å². The highest BCUT2D eigenvalue weighted by Gasteiger charge is 2.17. The normalized spacial score (nSPS) is 12.4. The van der Waals surface area contributed by atoms with Crippen molar-refractivity contribution in [2.75, 3.05) is 13.4 Å². The topological polar surface area (TPSA) is 83.7 Å². The summed E-state index contributed by atoms with van der Waals surface area (Å²) in [5.74, 6) is 1.46. The second-order valence-corrected chi connectivity index (χ2v) is 4.05. The zero-order valence-electron chi connectivity index (χ0n) is 10.8. The first-order chi connectivity index (χ1) is 9.76. The molecule has 2 heterocycles. The zero-order chi connectivity index (χ0) is 13.9. The molecule has 2 aromatic rings. The number of carbonyl (C=O) groups is 1. The standard InChI is InChI=1S/C13H12N2O5/c1-2-17-12(16)6-11-14-15-13(20-11)8-3-4-9-10(5-8)19-7-18-9/h3-5H,2,6-7H2,1H3. The molecule has 0 spiro atoms. The summed E-state index contributed by atoms with van der Waals surface area (Å²) in [6, 6.07) is 5.31. The molecule has 0 bridgehead atoms.